The molecule has 1 aromatic rings. The number of nitrogens with zero attached hydrogens (tertiary/aromatic N) is 2. The molecule has 1 aliphatic heterocycles. The van der Waals surface area contributed by atoms with Gasteiger partial charge in [-0.3, -0.25) is 4.90 Å². The average Bonchev–Trinajstić information content (AvgIpc) is 2.41. The van der Waals surface area contributed by atoms with E-state index in [0.29, 0.717) is 23.9 Å². The van der Waals surface area contributed by atoms with Gasteiger partial charge in [0, 0.05) is 44.0 Å². The zero-order chi connectivity index (χ0) is 13.8. The summed E-state index contributed by atoms with van der Waals surface area (Å²) < 4.78 is 5.19. The van der Waals surface area contributed by atoms with Gasteiger partial charge in [0.25, 0.3) is 0 Å². The fourth-order valence-electron chi connectivity index (χ4n) is 2.51. The van der Waals surface area contributed by atoms with Crippen molar-refractivity contribution in [2.75, 3.05) is 20.2 Å². The van der Waals surface area contributed by atoms with Crippen LogP contribution < -0.4 is 10.1 Å². The maximum Gasteiger partial charge on any atom is 0.213 e. The molecular formula is C15H25N3O. The van der Waals surface area contributed by atoms with E-state index in [0.717, 1.165) is 19.6 Å². The van der Waals surface area contributed by atoms with Gasteiger partial charge < -0.3 is 10.1 Å². The van der Waals surface area contributed by atoms with Crippen molar-refractivity contribution < 1.29 is 4.74 Å². The summed E-state index contributed by atoms with van der Waals surface area (Å²) in [4.78, 5) is 6.70. The first-order valence-electron chi connectivity index (χ1n) is 7.06. The second-order valence-electron chi connectivity index (χ2n) is 5.74. The Kier molecular flexibility index (Phi) is 4.77. The minimum atomic E-state index is 0.564. The minimum absolute atomic E-state index is 0.564. The van der Waals surface area contributed by atoms with Crippen LogP contribution in [-0.2, 0) is 6.54 Å². The molecule has 4 heteroatoms. The topological polar surface area (TPSA) is 37.4 Å². The molecule has 19 heavy (non-hydrogen) atoms. The SMILES string of the molecule is COc1cc(CN2CC(C(C)C)NCC2C)ccn1. The Morgan fingerprint density at radius 2 is 2.32 bits per heavy atom. The van der Waals surface area contributed by atoms with Crippen molar-refractivity contribution in [3.05, 3.63) is 23.9 Å². The van der Waals surface area contributed by atoms with Crippen LogP contribution in [0.15, 0.2) is 18.3 Å². The van der Waals surface area contributed by atoms with Crippen molar-refractivity contribution in [2.45, 2.75) is 39.4 Å². The standard InChI is InChI=1S/C15H25N3O/c1-11(2)14-10-18(12(3)8-17-14)9-13-5-6-16-15(7-13)19-4/h5-7,11-12,14,17H,8-10H2,1-4H3. The molecule has 106 valence electrons. The first-order chi connectivity index (χ1) is 9.10. The summed E-state index contributed by atoms with van der Waals surface area (Å²) in [5.41, 5.74) is 1.27. The fraction of sp³-hybridized carbons (Fsp3) is 0.667. The van der Waals surface area contributed by atoms with E-state index < -0.39 is 0 Å². The number of ether oxygens (including phenoxy) is 1. The molecule has 1 aliphatic rings. The van der Waals surface area contributed by atoms with E-state index >= 15 is 0 Å². The van der Waals surface area contributed by atoms with Crippen molar-refractivity contribution in [3.63, 3.8) is 0 Å². The van der Waals surface area contributed by atoms with E-state index in [1.54, 1.807) is 7.11 Å². The molecule has 0 saturated carbocycles. The summed E-state index contributed by atoms with van der Waals surface area (Å²) >= 11 is 0. The van der Waals surface area contributed by atoms with Gasteiger partial charge in [-0.25, -0.2) is 4.98 Å². The number of aromatic nitrogens is 1. The highest BCUT2D eigenvalue weighted by molar-refractivity contribution is 5.20. The van der Waals surface area contributed by atoms with Crippen LogP contribution in [0.4, 0.5) is 0 Å². The molecule has 4 nitrogen and oxygen atoms in total. The van der Waals surface area contributed by atoms with Crippen LogP contribution in [0.3, 0.4) is 0 Å². The Bertz CT molecular complexity index is 408. The number of pyridine rings is 1. The number of piperazine rings is 1. The zero-order valence-electron chi connectivity index (χ0n) is 12.4. The van der Waals surface area contributed by atoms with Crippen LogP contribution in [-0.4, -0.2) is 42.2 Å². The van der Waals surface area contributed by atoms with Gasteiger partial charge in [-0.05, 0) is 24.5 Å². The van der Waals surface area contributed by atoms with Crippen molar-refractivity contribution in [1.29, 1.82) is 0 Å². The smallest absolute Gasteiger partial charge is 0.213 e. The third-order valence-electron chi connectivity index (χ3n) is 3.93. The second kappa shape index (κ2) is 6.35. The molecule has 0 amide bonds. The van der Waals surface area contributed by atoms with E-state index in [1.165, 1.54) is 5.56 Å². The molecule has 1 N–H and O–H groups in total. The number of methoxy groups -OCH3 is 1. The molecule has 2 atom stereocenters. The summed E-state index contributed by atoms with van der Waals surface area (Å²) in [6, 6.07) is 5.25. The highest BCUT2D eigenvalue weighted by Gasteiger charge is 2.26. The van der Waals surface area contributed by atoms with Crippen molar-refractivity contribution in [3.8, 4) is 5.88 Å². The maximum absolute atomic E-state index is 5.19. The first-order valence-corrected chi connectivity index (χ1v) is 7.06. The van der Waals surface area contributed by atoms with Gasteiger partial charge in [0.1, 0.15) is 0 Å². The second-order valence-corrected chi connectivity index (χ2v) is 5.74. The number of nitrogens with one attached hydrogen (secondary N) is 1. The summed E-state index contributed by atoms with van der Waals surface area (Å²) in [6.45, 7) is 9.96. The number of hydrogen-bond donors (Lipinski definition) is 1. The molecular weight excluding hydrogens is 238 g/mol. The van der Waals surface area contributed by atoms with E-state index in [9.17, 15) is 0 Å². The average molecular weight is 263 g/mol. The Morgan fingerprint density at radius 1 is 1.53 bits per heavy atom. The predicted octanol–water partition coefficient (Wildman–Crippen LogP) is 1.91. The molecule has 2 unspecified atom stereocenters. The van der Waals surface area contributed by atoms with E-state index in [2.05, 4.69) is 42.0 Å². The van der Waals surface area contributed by atoms with Crippen LogP contribution in [0.5, 0.6) is 5.88 Å². The van der Waals surface area contributed by atoms with Crippen LogP contribution in [0, 0.1) is 5.92 Å². The van der Waals surface area contributed by atoms with Crippen LogP contribution in [0.1, 0.15) is 26.3 Å². The zero-order valence-corrected chi connectivity index (χ0v) is 12.4. The molecule has 2 rings (SSSR count). The Hall–Kier alpha value is -1.13. The molecule has 2 heterocycles. The van der Waals surface area contributed by atoms with Gasteiger partial charge in [0.05, 0.1) is 7.11 Å². The normalized spacial score (nSPS) is 24.7. The summed E-state index contributed by atoms with van der Waals surface area (Å²) in [6.07, 6.45) is 1.82. The first kappa shape index (κ1) is 14.3. The van der Waals surface area contributed by atoms with Crippen molar-refractivity contribution in [1.82, 2.24) is 15.2 Å². The molecule has 0 aromatic carbocycles. The summed E-state index contributed by atoms with van der Waals surface area (Å²) in [5.74, 6) is 1.36. The molecule has 1 aromatic heterocycles. The predicted molar refractivity (Wildman–Crippen MR) is 77.3 cm³/mol. The lowest BCUT2D eigenvalue weighted by molar-refractivity contribution is 0.116. The van der Waals surface area contributed by atoms with E-state index in [4.69, 9.17) is 4.74 Å². The van der Waals surface area contributed by atoms with Gasteiger partial charge in [0.2, 0.25) is 5.88 Å². The lowest BCUT2D eigenvalue weighted by Crippen LogP contribution is -2.56. The third kappa shape index (κ3) is 3.67. The maximum atomic E-state index is 5.19. The monoisotopic (exact) mass is 263 g/mol. The Morgan fingerprint density at radius 3 is 3.00 bits per heavy atom. The highest BCUT2D eigenvalue weighted by atomic mass is 16.5. The Balaban J connectivity index is 2.03. The number of rotatable bonds is 4. The van der Waals surface area contributed by atoms with Gasteiger partial charge in [-0.1, -0.05) is 13.8 Å². The van der Waals surface area contributed by atoms with E-state index in [-0.39, 0.29) is 0 Å². The summed E-state index contributed by atoms with van der Waals surface area (Å²) in [7, 11) is 1.66. The molecule has 1 fully saturated rings. The van der Waals surface area contributed by atoms with Gasteiger partial charge in [-0.2, -0.15) is 0 Å². The lowest BCUT2D eigenvalue weighted by Gasteiger charge is -2.40. The third-order valence-corrected chi connectivity index (χ3v) is 3.93. The quantitative estimate of drug-likeness (QED) is 0.900. The fourth-order valence-corrected chi connectivity index (χ4v) is 2.51. The van der Waals surface area contributed by atoms with Gasteiger partial charge in [0.15, 0.2) is 0 Å². The van der Waals surface area contributed by atoms with E-state index in [1.807, 2.05) is 12.3 Å². The van der Waals surface area contributed by atoms with Crippen LogP contribution in [0.2, 0.25) is 0 Å². The highest BCUT2D eigenvalue weighted by Crippen LogP contribution is 2.17. The minimum Gasteiger partial charge on any atom is -0.481 e. The van der Waals surface area contributed by atoms with Crippen molar-refractivity contribution >= 4 is 0 Å². The molecule has 0 spiro atoms. The van der Waals surface area contributed by atoms with Crippen LogP contribution >= 0.6 is 0 Å². The van der Waals surface area contributed by atoms with Crippen LogP contribution in [0.25, 0.3) is 0 Å². The van der Waals surface area contributed by atoms with Gasteiger partial charge in [-0.15, -0.1) is 0 Å². The molecule has 1 saturated heterocycles. The largest absolute Gasteiger partial charge is 0.481 e. The molecule has 0 radical (unpaired) electrons. The van der Waals surface area contributed by atoms with Crippen molar-refractivity contribution in [2.24, 2.45) is 5.92 Å². The summed E-state index contributed by atoms with van der Waals surface area (Å²) in [5, 5.41) is 3.63. The lowest BCUT2D eigenvalue weighted by atomic mass is 9.99. The number of hydrogen-bond acceptors (Lipinski definition) is 4. The molecule has 0 bridgehead atoms. The molecule has 0 aliphatic carbocycles. The Labute approximate surface area is 116 Å². The van der Waals surface area contributed by atoms with Gasteiger partial charge >= 0.3 is 0 Å².